The maximum absolute atomic E-state index is 12.7. The maximum atomic E-state index is 12.7. The van der Waals surface area contributed by atoms with Crippen molar-refractivity contribution in [2.45, 2.75) is 185 Å². The summed E-state index contributed by atoms with van der Waals surface area (Å²) < 4.78 is 22.0. The van der Waals surface area contributed by atoms with Crippen LogP contribution in [0.5, 0.6) is 0 Å². The fourth-order valence-electron chi connectivity index (χ4n) is 5.67. The molecule has 0 aliphatic carbocycles. The number of hydrogen-bond donors (Lipinski definition) is 4. The number of hydrogen-bond acceptors (Lipinski definition) is 10. The van der Waals surface area contributed by atoms with Gasteiger partial charge in [-0.3, -0.25) is 9.59 Å². The number of unbranched alkanes of at least 4 members (excludes halogenated alkanes) is 14. The minimum atomic E-state index is -1.59. The molecule has 2 unspecified atom stereocenters. The molecule has 10 nitrogen and oxygen atoms in total. The van der Waals surface area contributed by atoms with Crippen LogP contribution in [-0.4, -0.2) is 89.0 Å². The van der Waals surface area contributed by atoms with E-state index < -0.39 is 55.4 Å². The highest BCUT2D eigenvalue weighted by atomic mass is 16.7. The summed E-state index contributed by atoms with van der Waals surface area (Å²) in [5.74, 6) is -0.830. The molecule has 0 radical (unpaired) electrons. The van der Waals surface area contributed by atoms with Gasteiger partial charge in [0.1, 0.15) is 31.0 Å². The summed E-state index contributed by atoms with van der Waals surface area (Å²) in [6.45, 7) is 3.25. The summed E-state index contributed by atoms with van der Waals surface area (Å²) in [4.78, 5) is 25.1. The molecule has 0 bridgehead atoms. The SMILES string of the molecule is CC/C=C/C/C=C/C/C=C/CCCCCCCC(=O)OC[C@@H](CO[C@H]1O[C@@H](CO)[C@@H](O)C(O)C1O)OC(=O)CCCCCCCCCCCC. The Labute approximate surface area is 302 Å². The molecule has 0 saturated carbocycles. The second-order valence-electron chi connectivity index (χ2n) is 13.4. The molecule has 1 aliphatic rings. The zero-order valence-electron chi connectivity index (χ0n) is 31.1. The second kappa shape index (κ2) is 31.6. The largest absolute Gasteiger partial charge is 0.462 e. The van der Waals surface area contributed by atoms with Crippen LogP contribution in [0.4, 0.5) is 0 Å². The van der Waals surface area contributed by atoms with Gasteiger partial charge in [-0.25, -0.2) is 0 Å². The second-order valence-corrected chi connectivity index (χ2v) is 13.4. The van der Waals surface area contributed by atoms with Gasteiger partial charge in [0, 0.05) is 12.8 Å². The molecule has 1 saturated heterocycles. The number of aliphatic hydroxyl groups is 4. The molecular weight excluding hydrogens is 640 g/mol. The number of ether oxygens (including phenoxy) is 4. The highest BCUT2D eigenvalue weighted by Crippen LogP contribution is 2.22. The number of allylic oxidation sites excluding steroid dienone is 6. The van der Waals surface area contributed by atoms with Crippen molar-refractivity contribution in [3.63, 3.8) is 0 Å². The van der Waals surface area contributed by atoms with Gasteiger partial charge in [-0.05, 0) is 44.9 Å². The van der Waals surface area contributed by atoms with Crippen LogP contribution in [0.25, 0.3) is 0 Å². The van der Waals surface area contributed by atoms with Crippen molar-refractivity contribution < 1.29 is 49.0 Å². The Morgan fingerprint density at radius 2 is 1.18 bits per heavy atom. The Balaban J connectivity index is 2.39. The number of aliphatic hydroxyl groups excluding tert-OH is 4. The van der Waals surface area contributed by atoms with E-state index in [1.807, 2.05) is 0 Å². The number of esters is 2. The molecule has 290 valence electrons. The van der Waals surface area contributed by atoms with E-state index in [0.717, 1.165) is 70.6 Å². The molecule has 1 fully saturated rings. The van der Waals surface area contributed by atoms with Gasteiger partial charge >= 0.3 is 11.9 Å². The van der Waals surface area contributed by atoms with Crippen LogP contribution in [0.1, 0.15) is 149 Å². The van der Waals surface area contributed by atoms with Crippen molar-refractivity contribution in [1.29, 1.82) is 0 Å². The van der Waals surface area contributed by atoms with Gasteiger partial charge in [0.25, 0.3) is 0 Å². The van der Waals surface area contributed by atoms with Crippen molar-refractivity contribution in [2.24, 2.45) is 0 Å². The third-order valence-electron chi connectivity index (χ3n) is 8.79. The van der Waals surface area contributed by atoms with Gasteiger partial charge in [-0.1, -0.05) is 127 Å². The Kier molecular flexibility index (Phi) is 29.1. The smallest absolute Gasteiger partial charge is 0.306 e. The van der Waals surface area contributed by atoms with Gasteiger partial charge in [0.2, 0.25) is 0 Å². The minimum absolute atomic E-state index is 0.225. The summed E-state index contributed by atoms with van der Waals surface area (Å²) in [5.41, 5.74) is 0. The van der Waals surface area contributed by atoms with Crippen LogP contribution in [0.15, 0.2) is 36.5 Å². The minimum Gasteiger partial charge on any atom is -0.462 e. The standard InChI is InChI=1S/C40H70O10/c1-3-5-7-9-11-13-15-16-17-18-19-21-22-24-26-28-35(42)47-31-33(32-48-40-39(46)38(45)37(44)34(30-41)50-40)49-36(43)29-27-25-23-20-14-12-10-8-6-4-2/h5,7,11,13,16-17,33-34,37-41,44-46H,3-4,6,8-10,12,14-15,18-32H2,1-2H3/b7-5+,13-11+,17-16+/t33-,34-,37+,38?,39?,40-/m0/s1. The molecule has 6 atom stereocenters. The van der Waals surface area contributed by atoms with Crippen LogP contribution >= 0.6 is 0 Å². The van der Waals surface area contributed by atoms with Crippen molar-refractivity contribution in [3.05, 3.63) is 36.5 Å². The van der Waals surface area contributed by atoms with Gasteiger partial charge < -0.3 is 39.4 Å². The van der Waals surface area contributed by atoms with Crippen molar-refractivity contribution in [2.75, 3.05) is 19.8 Å². The third kappa shape index (κ3) is 23.4. The average Bonchev–Trinajstić information content (AvgIpc) is 3.11. The summed E-state index contributed by atoms with van der Waals surface area (Å²) >= 11 is 0. The first kappa shape index (κ1) is 45.9. The van der Waals surface area contributed by atoms with Crippen molar-refractivity contribution >= 4 is 11.9 Å². The van der Waals surface area contributed by atoms with Gasteiger partial charge in [-0.15, -0.1) is 0 Å². The Morgan fingerprint density at radius 1 is 0.640 bits per heavy atom. The lowest BCUT2D eigenvalue weighted by atomic mass is 9.99. The molecule has 0 amide bonds. The summed E-state index contributed by atoms with van der Waals surface area (Å²) in [6.07, 6.45) is 25.9. The van der Waals surface area contributed by atoms with E-state index in [2.05, 4.69) is 50.3 Å². The molecular formula is C40H70O10. The Hall–Kier alpha value is -2.08. The van der Waals surface area contributed by atoms with E-state index in [9.17, 15) is 30.0 Å². The first-order valence-corrected chi connectivity index (χ1v) is 19.6. The van der Waals surface area contributed by atoms with E-state index in [1.54, 1.807) is 0 Å². The van der Waals surface area contributed by atoms with E-state index in [1.165, 1.54) is 38.5 Å². The van der Waals surface area contributed by atoms with Gasteiger partial charge in [0.05, 0.1) is 13.2 Å². The van der Waals surface area contributed by atoms with Crippen molar-refractivity contribution in [3.8, 4) is 0 Å². The Bertz CT molecular complexity index is 918. The summed E-state index contributed by atoms with van der Waals surface area (Å²) in [7, 11) is 0. The zero-order valence-corrected chi connectivity index (χ0v) is 31.1. The quantitative estimate of drug-likeness (QED) is 0.0331. The first-order chi connectivity index (χ1) is 24.3. The molecule has 0 aromatic heterocycles. The number of carbonyl (C=O) groups is 2. The van der Waals surface area contributed by atoms with E-state index in [0.29, 0.717) is 12.8 Å². The molecule has 1 heterocycles. The van der Waals surface area contributed by atoms with Crippen LogP contribution in [0.3, 0.4) is 0 Å². The topological polar surface area (TPSA) is 152 Å². The molecule has 4 N–H and O–H groups in total. The fourth-order valence-corrected chi connectivity index (χ4v) is 5.67. The van der Waals surface area contributed by atoms with Crippen LogP contribution < -0.4 is 0 Å². The number of carbonyl (C=O) groups excluding carboxylic acids is 2. The fraction of sp³-hybridized carbons (Fsp3) is 0.800. The van der Waals surface area contributed by atoms with E-state index in [4.69, 9.17) is 18.9 Å². The monoisotopic (exact) mass is 710 g/mol. The van der Waals surface area contributed by atoms with Crippen LogP contribution in [-0.2, 0) is 28.5 Å². The van der Waals surface area contributed by atoms with E-state index >= 15 is 0 Å². The summed E-state index contributed by atoms with van der Waals surface area (Å²) in [5, 5.41) is 39.9. The van der Waals surface area contributed by atoms with Crippen LogP contribution in [0.2, 0.25) is 0 Å². The summed E-state index contributed by atoms with van der Waals surface area (Å²) in [6, 6.07) is 0. The highest BCUT2D eigenvalue weighted by molar-refractivity contribution is 5.70. The normalized spacial score (nSPS) is 21.8. The molecule has 50 heavy (non-hydrogen) atoms. The van der Waals surface area contributed by atoms with Crippen molar-refractivity contribution in [1.82, 2.24) is 0 Å². The third-order valence-corrected chi connectivity index (χ3v) is 8.79. The lowest BCUT2D eigenvalue weighted by Crippen LogP contribution is -2.59. The maximum Gasteiger partial charge on any atom is 0.306 e. The molecule has 10 heteroatoms. The molecule has 0 spiro atoms. The first-order valence-electron chi connectivity index (χ1n) is 19.6. The molecule has 1 rings (SSSR count). The predicted molar refractivity (Wildman–Crippen MR) is 196 cm³/mol. The van der Waals surface area contributed by atoms with E-state index in [-0.39, 0.29) is 26.1 Å². The molecule has 1 aliphatic heterocycles. The lowest BCUT2D eigenvalue weighted by Gasteiger charge is -2.39. The highest BCUT2D eigenvalue weighted by Gasteiger charge is 2.44. The van der Waals surface area contributed by atoms with Gasteiger partial charge in [0.15, 0.2) is 12.4 Å². The van der Waals surface area contributed by atoms with Crippen LogP contribution in [0, 0.1) is 0 Å². The Morgan fingerprint density at radius 3 is 1.78 bits per heavy atom. The number of rotatable bonds is 31. The molecule has 0 aromatic carbocycles. The average molecular weight is 711 g/mol. The van der Waals surface area contributed by atoms with Gasteiger partial charge in [-0.2, -0.15) is 0 Å². The zero-order chi connectivity index (χ0) is 36.7. The predicted octanol–water partition coefficient (Wildman–Crippen LogP) is 7.16. The molecule has 0 aromatic rings. The lowest BCUT2D eigenvalue weighted by molar-refractivity contribution is -0.305.